The second-order valence-corrected chi connectivity index (χ2v) is 6.07. The van der Waals surface area contributed by atoms with Gasteiger partial charge in [0.1, 0.15) is 10.8 Å². The molecule has 0 bridgehead atoms. The zero-order chi connectivity index (χ0) is 15.2. The molecule has 112 valence electrons. The number of nitrogens with zero attached hydrogens (tertiary/aromatic N) is 1. The number of ether oxygens (including phenoxy) is 1. The fourth-order valence-corrected chi connectivity index (χ4v) is 2.78. The topological polar surface area (TPSA) is 51.2 Å². The second kappa shape index (κ2) is 7.22. The van der Waals surface area contributed by atoms with Gasteiger partial charge in [-0.3, -0.25) is 4.79 Å². The molecule has 0 aliphatic heterocycles. The van der Waals surface area contributed by atoms with Crippen molar-refractivity contribution in [2.75, 3.05) is 6.61 Å². The van der Waals surface area contributed by atoms with Gasteiger partial charge in [0.05, 0.1) is 25.3 Å². The van der Waals surface area contributed by atoms with Gasteiger partial charge in [-0.15, -0.1) is 11.3 Å². The number of rotatable bonds is 6. The Kier molecular flexibility index (Phi) is 5.33. The first-order valence-corrected chi connectivity index (χ1v) is 7.81. The monoisotopic (exact) mass is 304 g/mol. The molecule has 0 fully saturated rings. The van der Waals surface area contributed by atoms with E-state index in [1.165, 1.54) is 4.88 Å². The summed E-state index contributed by atoms with van der Waals surface area (Å²) in [6, 6.07) is 7.61. The molecule has 0 saturated carbocycles. The number of hydrogen-bond donors (Lipinski definition) is 1. The van der Waals surface area contributed by atoms with Gasteiger partial charge in [0.2, 0.25) is 5.91 Å². The third kappa shape index (κ3) is 4.56. The van der Waals surface area contributed by atoms with Gasteiger partial charge < -0.3 is 10.1 Å². The summed E-state index contributed by atoms with van der Waals surface area (Å²) in [5.41, 5.74) is 2.01. The molecule has 1 heterocycles. The summed E-state index contributed by atoms with van der Waals surface area (Å²) >= 11 is 1.63. The summed E-state index contributed by atoms with van der Waals surface area (Å²) in [6.45, 7) is 7.11. The number of aryl methyl sites for hydroxylation is 2. The summed E-state index contributed by atoms with van der Waals surface area (Å²) in [5, 5.41) is 3.85. The van der Waals surface area contributed by atoms with Crippen molar-refractivity contribution in [3.05, 3.63) is 45.4 Å². The zero-order valence-electron chi connectivity index (χ0n) is 12.6. The lowest BCUT2D eigenvalue weighted by Crippen LogP contribution is -2.24. The Labute approximate surface area is 129 Å². The predicted molar refractivity (Wildman–Crippen MR) is 84.7 cm³/mol. The number of nitrogens with one attached hydrogen (secondary N) is 1. The van der Waals surface area contributed by atoms with Crippen molar-refractivity contribution < 1.29 is 9.53 Å². The van der Waals surface area contributed by atoms with Crippen LogP contribution in [0.25, 0.3) is 0 Å². The number of amides is 1. The maximum absolute atomic E-state index is 11.9. The molecule has 21 heavy (non-hydrogen) atoms. The molecule has 1 aromatic carbocycles. The van der Waals surface area contributed by atoms with Crippen LogP contribution in [0.1, 0.15) is 28.1 Å². The van der Waals surface area contributed by atoms with Gasteiger partial charge in [0.25, 0.3) is 0 Å². The van der Waals surface area contributed by atoms with E-state index in [2.05, 4.69) is 10.3 Å². The van der Waals surface area contributed by atoms with Gasteiger partial charge in [-0.2, -0.15) is 0 Å². The van der Waals surface area contributed by atoms with Gasteiger partial charge in [0.15, 0.2) is 0 Å². The molecule has 1 aromatic heterocycles. The Balaban J connectivity index is 1.83. The SMILES string of the molecule is CCOc1ccc(CC(=O)NCc2nc(C)c(C)s2)cc1. The molecular weight excluding hydrogens is 284 g/mol. The molecule has 1 amide bonds. The Morgan fingerprint density at radius 1 is 1.29 bits per heavy atom. The van der Waals surface area contributed by atoms with Crippen molar-refractivity contribution in [3.63, 3.8) is 0 Å². The Morgan fingerprint density at radius 3 is 2.57 bits per heavy atom. The van der Waals surface area contributed by atoms with Crippen LogP contribution < -0.4 is 10.1 Å². The predicted octanol–water partition coefficient (Wildman–Crippen LogP) is 3.02. The normalized spacial score (nSPS) is 10.4. The first-order chi connectivity index (χ1) is 10.1. The van der Waals surface area contributed by atoms with Crippen LogP contribution in [0.15, 0.2) is 24.3 Å². The van der Waals surface area contributed by atoms with E-state index in [1.54, 1.807) is 11.3 Å². The number of aromatic nitrogens is 1. The molecule has 5 heteroatoms. The van der Waals surface area contributed by atoms with E-state index in [0.29, 0.717) is 19.6 Å². The third-order valence-corrected chi connectivity index (χ3v) is 4.18. The molecule has 0 atom stereocenters. The van der Waals surface area contributed by atoms with Crippen LogP contribution in [0.3, 0.4) is 0 Å². The Bertz CT molecular complexity index is 586. The van der Waals surface area contributed by atoms with Crippen LogP contribution in [0, 0.1) is 13.8 Å². The minimum Gasteiger partial charge on any atom is -0.494 e. The van der Waals surface area contributed by atoms with Gasteiger partial charge in [0, 0.05) is 4.88 Å². The van der Waals surface area contributed by atoms with Gasteiger partial charge in [-0.1, -0.05) is 12.1 Å². The number of hydrogen-bond acceptors (Lipinski definition) is 4. The van der Waals surface area contributed by atoms with Crippen molar-refractivity contribution in [1.82, 2.24) is 10.3 Å². The Morgan fingerprint density at radius 2 is 2.00 bits per heavy atom. The maximum atomic E-state index is 11.9. The minimum absolute atomic E-state index is 0.00432. The molecular formula is C16H20N2O2S. The highest BCUT2D eigenvalue weighted by molar-refractivity contribution is 7.11. The summed E-state index contributed by atoms with van der Waals surface area (Å²) in [5.74, 6) is 0.833. The second-order valence-electron chi connectivity index (χ2n) is 4.78. The first-order valence-electron chi connectivity index (χ1n) is 7.00. The van der Waals surface area contributed by atoms with Crippen LogP contribution in [-0.2, 0) is 17.8 Å². The van der Waals surface area contributed by atoms with E-state index in [4.69, 9.17) is 4.74 Å². The number of thiazole rings is 1. The lowest BCUT2D eigenvalue weighted by atomic mass is 10.1. The lowest BCUT2D eigenvalue weighted by molar-refractivity contribution is -0.120. The van der Waals surface area contributed by atoms with Gasteiger partial charge in [-0.05, 0) is 38.5 Å². The van der Waals surface area contributed by atoms with Crippen LogP contribution >= 0.6 is 11.3 Å². The van der Waals surface area contributed by atoms with E-state index in [-0.39, 0.29) is 5.91 Å². The standard InChI is InChI=1S/C16H20N2O2S/c1-4-20-14-7-5-13(6-8-14)9-15(19)17-10-16-18-11(2)12(3)21-16/h5-8H,4,9-10H2,1-3H3,(H,17,19). The zero-order valence-corrected chi connectivity index (χ0v) is 13.4. The number of benzene rings is 1. The number of carbonyl (C=O) groups excluding carboxylic acids is 1. The molecule has 0 unspecified atom stereocenters. The van der Waals surface area contributed by atoms with Crippen LogP contribution in [0.4, 0.5) is 0 Å². The largest absolute Gasteiger partial charge is 0.494 e. The molecule has 0 spiro atoms. The number of carbonyl (C=O) groups is 1. The van der Waals surface area contributed by atoms with Gasteiger partial charge >= 0.3 is 0 Å². The molecule has 4 nitrogen and oxygen atoms in total. The lowest BCUT2D eigenvalue weighted by Gasteiger charge is -2.05. The molecule has 0 saturated heterocycles. The average molecular weight is 304 g/mol. The summed E-state index contributed by atoms with van der Waals surface area (Å²) in [4.78, 5) is 17.5. The van der Waals surface area contributed by atoms with Crippen molar-refractivity contribution >= 4 is 17.2 Å². The summed E-state index contributed by atoms with van der Waals surface area (Å²) in [7, 11) is 0. The summed E-state index contributed by atoms with van der Waals surface area (Å²) < 4.78 is 5.38. The van der Waals surface area contributed by atoms with E-state index < -0.39 is 0 Å². The fourth-order valence-electron chi connectivity index (χ4n) is 1.91. The van der Waals surface area contributed by atoms with E-state index in [1.807, 2.05) is 45.0 Å². The molecule has 2 aromatic rings. The summed E-state index contributed by atoms with van der Waals surface area (Å²) in [6.07, 6.45) is 0.371. The van der Waals surface area contributed by atoms with Gasteiger partial charge in [-0.25, -0.2) is 4.98 Å². The highest BCUT2D eigenvalue weighted by Crippen LogP contribution is 2.16. The third-order valence-electron chi connectivity index (χ3n) is 3.11. The quantitative estimate of drug-likeness (QED) is 0.892. The Hall–Kier alpha value is -1.88. The van der Waals surface area contributed by atoms with Crippen LogP contribution in [0.2, 0.25) is 0 Å². The average Bonchev–Trinajstić information content (AvgIpc) is 2.78. The van der Waals surface area contributed by atoms with Crippen molar-refractivity contribution in [3.8, 4) is 5.75 Å². The fraction of sp³-hybridized carbons (Fsp3) is 0.375. The maximum Gasteiger partial charge on any atom is 0.224 e. The molecule has 2 rings (SSSR count). The van der Waals surface area contributed by atoms with Crippen molar-refractivity contribution in [2.45, 2.75) is 33.7 Å². The van der Waals surface area contributed by atoms with E-state index >= 15 is 0 Å². The molecule has 0 aliphatic carbocycles. The highest BCUT2D eigenvalue weighted by atomic mass is 32.1. The first kappa shape index (κ1) is 15.5. The van der Waals surface area contributed by atoms with Crippen LogP contribution in [-0.4, -0.2) is 17.5 Å². The minimum atomic E-state index is 0.00432. The van der Waals surface area contributed by atoms with Crippen molar-refractivity contribution in [1.29, 1.82) is 0 Å². The smallest absolute Gasteiger partial charge is 0.224 e. The van der Waals surface area contributed by atoms with E-state index in [0.717, 1.165) is 22.0 Å². The van der Waals surface area contributed by atoms with Crippen molar-refractivity contribution in [2.24, 2.45) is 0 Å². The molecule has 0 aliphatic rings. The van der Waals surface area contributed by atoms with E-state index in [9.17, 15) is 4.79 Å². The van der Waals surface area contributed by atoms with Crippen LogP contribution in [0.5, 0.6) is 5.75 Å². The molecule has 1 N–H and O–H groups in total. The molecule has 0 radical (unpaired) electrons. The highest BCUT2D eigenvalue weighted by Gasteiger charge is 2.07.